The number of rotatable bonds is 5. The molecule has 0 radical (unpaired) electrons. The van der Waals surface area contributed by atoms with Crippen molar-refractivity contribution < 1.29 is 31.2 Å². The number of carbonyl (C=O) groups excluding carboxylic acids is 2. The van der Waals surface area contributed by atoms with Crippen LogP contribution in [0.1, 0.15) is 25.3 Å². The second-order valence-corrected chi connectivity index (χ2v) is 9.39. The molecule has 2 N–H and O–H groups in total. The van der Waals surface area contributed by atoms with Gasteiger partial charge in [-0.3, -0.25) is 9.59 Å². The van der Waals surface area contributed by atoms with E-state index >= 15 is 0 Å². The molecule has 1 heterocycles. The molecule has 0 spiro atoms. The van der Waals surface area contributed by atoms with Gasteiger partial charge in [-0.25, -0.2) is 8.42 Å². The highest BCUT2D eigenvalue weighted by molar-refractivity contribution is 7.89. The Morgan fingerprint density at radius 1 is 0.969 bits per heavy atom. The molecule has 1 aliphatic rings. The Labute approximate surface area is 183 Å². The molecule has 0 aliphatic carbocycles. The third kappa shape index (κ3) is 5.65. The first-order valence-corrected chi connectivity index (χ1v) is 11.3. The summed E-state index contributed by atoms with van der Waals surface area (Å²) in [7, 11) is -4.10. The maximum Gasteiger partial charge on any atom is 0.416 e. The number of alkyl halides is 3. The van der Waals surface area contributed by atoms with Crippen LogP contribution in [0.5, 0.6) is 0 Å². The van der Waals surface area contributed by atoms with Gasteiger partial charge in [0, 0.05) is 37.3 Å². The monoisotopic (exact) mass is 469 g/mol. The number of sulfonamides is 1. The molecule has 2 aromatic rings. The lowest BCUT2D eigenvalue weighted by Crippen LogP contribution is -2.41. The fraction of sp³-hybridized carbons (Fsp3) is 0.333. The standard InChI is InChI=1S/C21H22F3N3O4S/c1-14(28)25-17-5-7-18(8-6-17)26-20(29)15-9-11-27(12-10-15)32(30,31)19-4-2-3-16(13-19)21(22,23)24/h2-8,13,15H,9-12H2,1H3,(H,25,28)(H,26,29). The lowest BCUT2D eigenvalue weighted by Gasteiger charge is -2.30. The van der Waals surface area contributed by atoms with E-state index in [0.717, 1.165) is 22.5 Å². The first kappa shape index (κ1) is 23.7. The first-order chi connectivity index (χ1) is 15.0. The van der Waals surface area contributed by atoms with Crippen LogP contribution >= 0.6 is 0 Å². The van der Waals surface area contributed by atoms with Gasteiger partial charge in [0.1, 0.15) is 0 Å². The van der Waals surface area contributed by atoms with Crippen LogP contribution in [-0.2, 0) is 25.8 Å². The van der Waals surface area contributed by atoms with E-state index in [-0.39, 0.29) is 37.7 Å². The summed E-state index contributed by atoms with van der Waals surface area (Å²) in [6.45, 7) is 1.44. The second kappa shape index (κ2) is 9.29. The first-order valence-electron chi connectivity index (χ1n) is 9.83. The summed E-state index contributed by atoms with van der Waals surface area (Å²) in [5.74, 6) is -0.917. The van der Waals surface area contributed by atoms with Gasteiger partial charge in [0.05, 0.1) is 10.5 Å². The summed E-state index contributed by atoms with van der Waals surface area (Å²) in [6, 6.07) is 10.2. The van der Waals surface area contributed by atoms with Crippen LogP contribution in [0.25, 0.3) is 0 Å². The van der Waals surface area contributed by atoms with Gasteiger partial charge in [0.25, 0.3) is 0 Å². The minimum absolute atomic E-state index is 0.0259. The number of nitrogens with one attached hydrogen (secondary N) is 2. The van der Waals surface area contributed by atoms with Crippen LogP contribution in [-0.4, -0.2) is 37.6 Å². The van der Waals surface area contributed by atoms with Crippen molar-refractivity contribution in [3.8, 4) is 0 Å². The predicted octanol–water partition coefficient (Wildman–Crippen LogP) is 3.70. The third-order valence-corrected chi connectivity index (χ3v) is 6.99. The maximum atomic E-state index is 12.9. The Morgan fingerprint density at radius 3 is 2.06 bits per heavy atom. The minimum atomic E-state index is -4.64. The Kier molecular flexibility index (Phi) is 6.89. The van der Waals surface area contributed by atoms with Crippen molar-refractivity contribution >= 4 is 33.2 Å². The van der Waals surface area contributed by atoms with E-state index in [9.17, 15) is 31.2 Å². The van der Waals surface area contributed by atoms with Crippen LogP contribution in [0.15, 0.2) is 53.4 Å². The third-order valence-electron chi connectivity index (χ3n) is 5.10. The molecule has 1 fully saturated rings. The van der Waals surface area contributed by atoms with Crippen molar-refractivity contribution in [3.05, 3.63) is 54.1 Å². The summed E-state index contributed by atoms with van der Waals surface area (Å²) in [4.78, 5) is 23.2. The Bertz CT molecular complexity index is 1090. The predicted molar refractivity (Wildman–Crippen MR) is 112 cm³/mol. The summed E-state index contributed by atoms with van der Waals surface area (Å²) >= 11 is 0. The average molecular weight is 469 g/mol. The van der Waals surface area contributed by atoms with Crippen molar-refractivity contribution in [2.24, 2.45) is 5.92 Å². The van der Waals surface area contributed by atoms with Crippen molar-refractivity contribution in [2.45, 2.75) is 30.8 Å². The molecule has 2 aromatic carbocycles. The highest BCUT2D eigenvalue weighted by Crippen LogP contribution is 2.32. The lowest BCUT2D eigenvalue weighted by molar-refractivity contribution is -0.137. The maximum absolute atomic E-state index is 12.9. The molecule has 0 bridgehead atoms. The average Bonchev–Trinajstić information content (AvgIpc) is 2.74. The van der Waals surface area contributed by atoms with Crippen LogP contribution in [0.4, 0.5) is 24.5 Å². The number of anilines is 2. The number of hydrogen-bond donors (Lipinski definition) is 2. The summed E-state index contributed by atoms with van der Waals surface area (Å²) in [5, 5.41) is 5.37. The van der Waals surface area contributed by atoms with E-state index in [1.54, 1.807) is 24.3 Å². The zero-order chi connectivity index (χ0) is 23.5. The highest BCUT2D eigenvalue weighted by Gasteiger charge is 2.35. The Hall–Kier alpha value is -2.92. The second-order valence-electron chi connectivity index (χ2n) is 7.45. The van der Waals surface area contributed by atoms with Gasteiger partial charge >= 0.3 is 6.18 Å². The van der Waals surface area contributed by atoms with E-state index in [2.05, 4.69) is 10.6 Å². The van der Waals surface area contributed by atoms with Crippen LogP contribution in [0.2, 0.25) is 0 Å². The summed E-state index contributed by atoms with van der Waals surface area (Å²) < 4.78 is 65.4. The normalized spacial score (nSPS) is 15.9. The number of amides is 2. The molecule has 0 atom stereocenters. The number of carbonyl (C=O) groups is 2. The molecule has 0 aromatic heterocycles. The SMILES string of the molecule is CC(=O)Nc1ccc(NC(=O)C2CCN(S(=O)(=O)c3cccc(C(F)(F)F)c3)CC2)cc1. The number of benzene rings is 2. The van der Waals surface area contributed by atoms with Crippen LogP contribution < -0.4 is 10.6 Å². The molecular formula is C21H22F3N3O4S. The molecule has 0 unspecified atom stereocenters. The molecule has 11 heteroatoms. The zero-order valence-electron chi connectivity index (χ0n) is 17.1. The Morgan fingerprint density at radius 2 is 1.53 bits per heavy atom. The number of halogens is 3. The number of nitrogens with zero attached hydrogens (tertiary/aromatic N) is 1. The van der Waals surface area contributed by atoms with Gasteiger partial charge in [0.2, 0.25) is 21.8 Å². The summed E-state index contributed by atoms with van der Waals surface area (Å²) in [5.41, 5.74) is 0.0871. The van der Waals surface area contributed by atoms with Gasteiger partial charge in [-0.2, -0.15) is 17.5 Å². The van der Waals surface area contributed by atoms with Gasteiger partial charge in [-0.05, 0) is 55.3 Å². The molecule has 172 valence electrons. The van der Waals surface area contributed by atoms with E-state index in [1.165, 1.54) is 6.92 Å². The van der Waals surface area contributed by atoms with Gasteiger partial charge in [0.15, 0.2) is 0 Å². The van der Waals surface area contributed by atoms with Crippen LogP contribution in [0, 0.1) is 5.92 Å². The smallest absolute Gasteiger partial charge is 0.326 e. The fourth-order valence-corrected chi connectivity index (χ4v) is 4.94. The highest BCUT2D eigenvalue weighted by atomic mass is 32.2. The zero-order valence-corrected chi connectivity index (χ0v) is 18.0. The van der Waals surface area contributed by atoms with Crippen molar-refractivity contribution in [2.75, 3.05) is 23.7 Å². The van der Waals surface area contributed by atoms with Crippen molar-refractivity contribution in [3.63, 3.8) is 0 Å². The number of piperidine rings is 1. The van der Waals surface area contributed by atoms with Gasteiger partial charge in [-0.15, -0.1) is 0 Å². The van der Waals surface area contributed by atoms with E-state index in [4.69, 9.17) is 0 Å². The molecule has 3 rings (SSSR count). The van der Waals surface area contributed by atoms with E-state index in [1.807, 2.05) is 0 Å². The molecular weight excluding hydrogens is 447 g/mol. The largest absolute Gasteiger partial charge is 0.416 e. The van der Waals surface area contributed by atoms with Crippen molar-refractivity contribution in [1.29, 1.82) is 0 Å². The molecule has 32 heavy (non-hydrogen) atoms. The van der Waals surface area contributed by atoms with Crippen LogP contribution in [0.3, 0.4) is 0 Å². The minimum Gasteiger partial charge on any atom is -0.326 e. The van der Waals surface area contributed by atoms with E-state index < -0.39 is 32.6 Å². The molecule has 0 saturated carbocycles. The lowest BCUT2D eigenvalue weighted by atomic mass is 9.97. The Balaban J connectivity index is 1.60. The topological polar surface area (TPSA) is 95.6 Å². The molecule has 2 amide bonds. The molecule has 7 nitrogen and oxygen atoms in total. The quantitative estimate of drug-likeness (QED) is 0.698. The fourth-order valence-electron chi connectivity index (χ4n) is 3.42. The van der Waals surface area contributed by atoms with Gasteiger partial charge in [-0.1, -0.05) is 6.07 Å². The number of hydrogen-bond acceptors (Lipinski definition) is 4. The summed E-state index contributed by atoms with van der Waals surface area (Å²) in [6.07, 6.45) is -4.15. The molecule has 1 aliphatic heterocycles. The molecule has 1 saturated heterocycles. The van der Waals surface area contributed by atoms with Gasteiger partial charge < -0.3 is 10.6 Å². The van der Waals surface area contributed by atoms with Crippen molar-refractivity contribution in [1.82, 2.24) is 4.31 Å². The van der Waals surface area contributed by atoms with E-state index in [0.29, 0.717) is 17.4 Å².